The maximum absolute atomic E-state index is 14.8. The van der Waals surface area contributed by atoms with Crippen LogP contribution >= 0.6 is 0 Å². The Hall–Kier alpha value is -6.25. The van der Waals surface area contributed by atoms with Crippen molar-refractivity contribution in [1.82, 2.24) is 24.5 Å². The van der Waals surface area contributed by atoms with E-state index in [1.807, 2.05) is 35.4 Å². The first kappa shape index (κ1) is 47.5. The van der Waals surface area contributed by atoms with E-state index in [9.17, 15) is 23.3 Å². The number of carbonyl (C=O) groups is 1. The topological polar surface area (TPSA) is 197 Å². The summed E-state index contributed by atoms with van der Waals surface area (Å²) in [4.78, 5) is 44.0. The molecule has 1 aliphatic carbocycles. The highest BCUT2D eigenvalue weighted by Gasteiger charge is 2.50. The molecule has 1 saturated carbocycles. The molecule has 0 unspecified atom stereocenters. The van der Waals surface area contributed by atoms with Crippen molar-refractivity contribution < 1.29 is 37.1 Å². The average molecular weight is 1030 g/mol. The fourth-order valence-electron chi connectivity index (χ4n) is 13.6. The molecule has 19 heteroatoms. The van der Waals surface area contributed by atoms with Crippen LogP contribution in [0, 0.1) is 21.4 Å². The van der Waals surface area contributed by atoms with Crippen LogP contribution in [-0.4, -0.2) is 135 Å². The molecule has 1 amide bonds. The SMILES string of the molecule is C=C(C)c1ccccc1[C@@H]1CCCN1C1CC2(CCN(c3ccc(C(=O)NS(=O)(=O)c4cc5c(c([N+](=O)[O-])c4)N[C@H](CN4C[C@H]6C[C@@H]4CO6)CO5)c(N4C[C@H]5COCC[C@@H]5Oc5nc6[nH]ccc6cc54)c3)CC2)C1. The molecule has 0 radical (unpaired) electrons. The number of rotatable bonds is 11. The van der Waals surface area contributed by atoms with E-state index in [1.54, 1.807) is 6.07 Å². The Bertz CT molecular complexity index is 3170. The molecule has 3 aromatic carbocycles. The zero-order chi connectivity index (χ0) is 50.5. The van der Waals surface area contributed by atoms with Gasteiger partial charge in [-0.3, -0.25) is 24.7 Å². The van der Waals surface area contributed by atoms with Crippen molar-refractivity contribution in [3.8, 4) is 11.6 Å². The molecule has 6 atom stereocenters. The number of piperidine rings is 1. The van der Waals surface area contributed by atoms with Crippen LogP contribution in [0.3, 0.4) is 0 Å². The van der Waals surface area contributed by atoms with Crippen LogP contribution in [-0.2, 0) is 19.5 Å². The zero-order valence-electron chi connectivity index (χ0n) is 41.7. The minimum atomic E-state index is -4.70. The molecule has 13 rings (SSSR count). The number of aromatic amines is 1. The van der Waals surface area contributed by atoms with Crippen LogP contribution in [0.25, 0.3) is 16.6 Å². The summed E-state index contributed by atoms with van der Waals surface area (Å²) in [6.07, 6.45) is 10.2. The number of aromatic nitrogens is 2. The van der Waals surface area contributed by atoms with E-state index in [-0.39, 0.29) is 53.2 Å². The number of nitrogens with one attached hydrogen (secondary N) is 3. The summed E-state index contributed by atoms with van der Waals surface area (Å²) in [5.41, 5.74) is 6.49. The number of sulfonamides is 1. The molecule has 8 aliphatic rings. The number of amides is 1. The maximum Gasteiger partial charge on any atom is 0.297 e. The van der Waals surface area contributed by atoms with Gasteiger partial charge in [-0.2, -0.15) is 4.98 Å². The summed E-state index contributed by atoms with van der Waals surface area (Å²) in [6.45, 7) is 12.8. The van der Waals surface area contributed by atoms with Gasteiger partial charge < -0.3 is 39.0 Å². The fourth-order valence-corrected chi connectivity index (χ4v) is 14.6. The minimum absolute atomic E-state index is 0.0268. The van der Waals surface area contributed by atoms with Crippen molar-refractivity contribution in [1.29, 1.82) is 0 Å². The zero-order valence-corrected chi connectivity index (χ0v) is 42.5. The molecule has 18 nitrogen and oxygen atoms in total. The fraction of sp³-hybridized carbons (Fsp3) is 0.491. The largest absolute Gasteiger partial charge is 0.489 e. The Kier molecular flexibility index (Phi) is 11.9. The molecule has 6 fully saturated rings. The lowest BCUT2D eigenvalue weighted by molar-refractivity contribution is -0.384. The van der Waals surface area contributed by atoms with Crippen molar-refractivity contribution in [3.05, 3.63) is 106 Å². The van der Waals surface area contributed by atoms with Gasteiger partial charge in [0.1, 0.15) is 24.0 Å². The number of nitrogens with zero attached hydrogens (tertiary/aromatic N) is 6. The van der Waals surface area contributed by atoms with Crippen LogP contribution < -0.4 is 29.3 Å². The highest BCUT2D eigenvalue weighted by atomic mass is 32.2. The highest BCUT2D eigenvalue weighted by molar-refractivity contribution is 7.90. The number of morpholine rings is 1. The third-order valence-electron chi connectivity index (χ3n) is 17.5. The summed E-state index contributed by atoms with van der Waals surface area (Å²) < 4.78 is 55.6. The lowest BCUT2D eigenvalue weighted by Gasteiger charge is -2.56. The van der Waals surface area contributed by atoms with Gasteiger partial charge in [-0.05, 0) is 105 Å². The second kappa shape index (κ2) is 18.5. The Morgan fingerprint density at radius 2 is 1.82 bits per heavy atom. The maximum atomic E-state index is 14.8. The minimum Gasteiger partial charge on any atom is -0.489 e. The van der Waals surface area contributed by atoms with Crippen LogP contribution in [0.5, 0.6) is 11.6 Å². The molecule has 2 bridgehead atoms. The van der Waals surface area contributed by atoms with Gasteiger partial charge in [-0.25, -0.2) is 13.1 Å². The van der Waals surface area contributed by atoms with Crippen LogP contribution in [0.2, 0.25) is 0 Å². The van der Waals surface area contributed by atoms with Crippen LogP contribution in [0.4, 0.5) is 28.4 Å². The Morgan fingerprint density at radius 3 is 2.62 bits per heavy atom. The van der Waals surface area contributed by atoms with Gasteiger partial charge in [0.05, 0.1) is 53.0 Å². The Balaban J connectivity index is 0.786. The predicted molar refractivity (Wildman–Crippen MR) is 280 cm³/mol. The highest BCUT2D eigenvalue weighted by Crippen LogP contribution is 2.55. The number of H-pyrrole nitrogens is 1. The number of nitro groups is 1. The van der Waals surface area contributed by atoms with Crippen molar-refractivity contribution in [3.63, 3.8) is 0 Å². The van der Waals surface area contributed by atoms with Crippen LogP contribution in [0.1, 0.15) is 85.8 Å². The standard InChI is InChI=1S/C55H63N9O9S/c1-33(2)42-6-3-4-7-43(42)45-8-5-16-62(45)39-25-55(26-39)13-17-60(18-14-55)37-9-10-44(46(22-37)63-27-35-30-70-19-12-49(35)73-54-48(63)20-34-11-15-56-52(34)58-54)53(65)59-74(68,69)41-23-47(64(66)67)51-50(24-41)72-31-36(57-51)28-61-29-40-21-38(61)32-71-40/h3-4,6-7,9-11,15,20,22-24,35-36,38-40,45,49,57H,1,5,8,12-14,16-19,21,25-32H2,2H3,(H,56,58)(H,59,65)/t35-,36+,38+,40+,45-,49-/m0/s1. The number of fused-ring (bicyclic) bond motifs is 6. The van der Waals surface area contributed by atoms with Gasteiger partial charge in [0.15, 0.2) is 11.4 Å². The summed E-state index contributed by atoms with van der Waals surface area (Å²) in [6, 6.07) is 21.5. The summed E-state index contributed by atoms with van der Waals surface area (Å²) in [7, 11) is -4.70. The third kappa shape index (κ3) is 8.53. The smallest absolute Gasteiger partial charge is 0.297 e. The number of likely N-dealkylation sites (tertiary alicyclic amines) is 2. The third-order valence-corrected chi connectivity index (χ3v) is 18.8. The summed E-state index contributed by atoms with van der Waals surface area (Å²) in [5.74, 6) is -0.563. The first-order valence-electron chi connectivity index (χ1n) is 26.4. The van der Waals surface area contributed by atoms with Gasteiger partial charge in [-0.1, -0.05) is 36.4 Å². The predicted octanol–water partition coefficient (Wildman–Crippen LogP) is 7.79. The monoisotopic (exact) mass is 1030 g/mol. The van der Waals surface area contributed by atoms with E-state index in [2.05, 4.69) is 67.5 Å². The van der Waals surface area contributed by atoms with Gasteiger partial charge in [-0.15, -0.1) is 0 Å². The molecule has 5 saturated heterocycles. The summed E-state index contributed by atoms with van der Waals surface area (Å²) >= 11 is 0. The van der Waals surface area contributed by atoms with Gasteiger partial charge >= 0.3 is 0 Å². The van der Waals surface area contributed by atoms with E-state index in [4.69, 9.17) is 23.9 Å². The first-order valence-corrected chi connectivity index (χ1v) is 27.9. The molecule has 3 N–H and O–H groups in total. The molecule has 5 aromatic rings. The quantitative estimate of drug-likeness (QED) is 0.0856. The Labute approximate surface area is 430 Å². The van der Waals surface area contributed by atoms with Gasteiger partial charge in [0, 0.05) is 92.6 Å². The molecular formula is C55H63N9O9S. The van der Waals surface area contributed by atoms with E-state index in [0.717, 1.165) is 68.2 Å². The number of nitro benzene ring substituents is 1. The van der Waals surface area contributed by atoms with E-state index >= 15 is 0 Å². The van der Waals surface area contributed by atoms with Crippen molar-refractivity contribution in [2.45, 2.75) is 99.6 Å². The average Bonchev–Trinajstić information content (AvgIpc) is 4.23. The lowest BCUT2D eigenvalue weighted by Crippen LogP contribution is -2.55. The molecule has 7 aliphatic heterocycles. The molecule has 2 aromatic heterocycles. The van der Waals surface area contributed by atoms with Crippen molar-refractivity contribution in [2.75, 3.05) is 80.8 Å². The number of pyridine rings is 1. The normalized spacial score (nSPS) is 26.6. The molecule has 388 valence electrons. The van der Waals surface area contributed by atoms with Gasteiger partial charge in [0.25, 0.3) is 21.6 Å². The molecule has 9 heterocycles. The number of allylic oxidation sites excluding steroid dienone is 1. The van der Waals surface area contributed by atoms with Crippen LogP contribution in [0.15, 0.2) is 84.4 Å². The first-order chi connectivity index (χ1) is 35.8. The Morgan fingerprint density at radius 1 is 0.973 bits per heavy atom. The number of hydrogen-bond donors (Lipinski definition) is 3. The molecule has 1 spiro atoms. The number of ether oxygens (including phenoxy) is 4. The van der Waals surface area contributed by atoms with Crippen molar-refractivity contribution in [2.24, 2.45) is 11.3 Å². The summed E-state index contributed by atoms with van der Waals surface area (Å²) in [5, 5.41) is 16.7. The van der Waals surface area contributed by atoms with E-state index < -0.39 is 31.4 Å². The van der Waals surface area contributed by atoms with Crippen molar-refractivity contribution >= 4 is 61.0 Å². The second-order valence-corrected chi connectivity index (χ2v) is 23.8. The molecule has 74 heavy (non-hydrogen) atoms. The number of hydrogen-bond acceptors (Lipinski definition) is 15. The van der Waals surface area contributed by atoms with E-state index in [0.29, 0.717) is 80.4 Å². The molecular weight excluding hydrogens is 963 g/mol. The number of carbonyl (C=O) groups excluding carboxylic acids is 1. The van der Waals surface area contributed by atoms with Gasteiger partial charge in [0.2, 0.25) is 5.88 Å². The van der Waals surface area contributed by atoms with E-state index in [1.165, 1.54) is 42.9 Å². The second-order valence-electron chi connectivity index (χ2n) is 22.1. The lowest BCUT2D eigenvalue weighted by atomic mass is 9.59. The number of benzene rings is 3. The number of anilines is 4.